The van der Waals surface area contributed by atoms with Gasteiger partial charge in [0.25, 0.3) is 0 Å². The van der Waals surface area contributed by atoms with Gasteiger partial charge in [0.2, 0.25) is 11.9 Å². The van der Waals surface area contributed by atoms with Crippen LogP contribution in [-0.2, 0) is 11.3 Å². The first-order valence-corrected chi connectivity index (χ1v) is 10.6. The number of aromatic amines is 1. The third-order valence-corrected chi connectivity index (χ3v) is 6.67. The highest BCUT2D eigenvalue weighted by atomic mass is 16.2. The third-order valence-electron chi connectivity index (χ3n) is 6.67. The summed E-state index contributed by atoms with van der Waals surface area (Å²) in [6, 6.07) is 10.1. The van der Waals surface area contributed by atoms with Crippen molar-refractivity contribution in [2.24, 2.45) is 5.41 Å². The number of hydrogen-bond acceptors (Lipinski definition) is 5. The number of fused-ring (bicyclic) bond motifs is 1. The Bertz CT molecular complexity index is 1250. The smallest absolute Gasteiger partial charge is 0.231 e. The minimum atomic E-state index is -0.333. The van der Waals surface area contributed by atoms with Crippen LogP contribution in [0.25, 0.3) is 16.7 Å². The van der Waals surface area contributed by atoms with Crippen molar-refractivity contribution in [3.8, 4) is 5.82 Å². The van der Waals surface area contributed by atoms with Crippen LogP contribution in [0, 0.1) is 5.41 Å². The van der Waals surface area contributed by atoms with Crippen molar-refractivity contribution in [1.29, 1.82) is 0 Å². The zero-order valence-electron chi connectivity index (χ0n) is 17.1. The Kier molecular flexibility index (Phi) is 4.05. The van der Waals surface area contributed by atoms with Gasteiger partial charge in [-0.2, -0.15) is 4.98 Å². The molecule has 1 spiro atoms. The van der Waals surface area contributed by atoms with Crippen LogP contribution in [0.5, 0.6) is 0 Å². The largest absolute Gasteiger partial charge is 0.361 e. The summed E-state index contributed by atoms with van der Waals surface area (Å²) in [5.41, 5.74) is 1.95. The lowest BCUT2D eigenvalue weighted by molar-refractivity contribution is -0.135. The van der Waals surface area contributed by atoms with Crippen LogP contribution in [0.2, 0.25) is 0 Å². The molecular formula is C23H23N7O. The van der Waals surface area contributed by atoms with Gasteiger partial charge >= 0.3 is 0 Å². The molecule has 6 rings (SSSR count). The van der Waals surface area contributed by atoms with E-state index in [1.807, 2.05) is 40.1 Å². The van der Waals surface area contributed by atoms with E-state index in [0.717, 1.165) is 37.3 Å². The third kappa shape index (κ3) is 2.98. The van der Waals surface area contributed by atoms with Crippen LogP contribution in [0.15, 0.2) is 61.4 Å². The molecule has 0 aliphatic carbocycles. The number of hydrogen-bond donors (Lipinski definition) is 1. The molecule has 2 aliphatic rings. The molecule has 4 aromatic rings. The molecule has 0 radical (unpaired) electrons. The topological polar surface area (TPSA) is 82.9 Å². The van der Waals surface area contributed by atoms with E-state index in [0.29, 0.717) is 19.0 Å². The lowest BCUT2D eigenvalue weighted by atomic mass is 9.85. The number of carbonyl (C=O) groups is 1. The highest BCUT2D eigenvalue weighted by molar-refractivity contribution is 5.88. The lowest BCUT2D eigenvalue weighted by Gasteiger charge is -2.23. The summed E-state index contributed by atoms with van der Waals surface area (Å²) in [6.07, 6.45) is 10.8. The molecule has 1 aromatic carbocycles. The van der Waals surface area contributed by atoms with Gasteiger partial charge in [-0.3, -0.25) is 9.36 Å². The number of carbonyl (C=O) groups excluding carboxylic acids is 1. The number of benzene rings is 1. The molecule has 1 unspecified atom stereocenters. The van der Waals surface area contributed by atoms with Gasteiger partial charge in [-0.1, -0.05) is 18.2 Å². The predicted octanol–water partition coefficient (Wildman–Crippen LogP) is 2.77. The summed E-state index contributed by atoms with van der Waals surface area (Å²) in [4.78, 5) is 34.2. The molecule has 8 nitrogen and oxygen atoms in total. The number of nitrogens with zero attached hydrogens (tertiary/aromatic N) is 6. The zero-order chi connectivity index (χ0) is 20.8. The fourth-order valence-corrected chi connectivity index (χ4v) is 4.96. The summed E-state index contributed by atoms with van der Waals surface area (Å²) in [6.45, 7) is 2.91. The summed E-state index contributed by atoms with van der Waals surface area (Å²) in [7, 11) is 0. The van der Waals surface area contributed by atoms with Gasteiger partial charge < -0.3 is 14.8 Å². The molecule has 1 amide bonds. The van der Waals surface area contributed by atoms with E-state index in [4.69, 9.17) is 4.98 Å². The number of amides is 1. The number of aromatic nitrogens is 5. The average Bonchev–Trinajstić information content (AvgIpc) is 3.60. The molecule has 0 bridgehead atoms. The number of likely N-dealkylation sites (tertiary alicyclic amines) is 1. The van der Waals surface area contributed by atoms with Crippen LogP contribution in [0.3, 0.4) is 0 Å². The zero-order valence-corrected chi connectivity index (χ0v) is 17.1. The second-order valence-corrected chi connectivity index (χ2v) is 8.47. The molecule has 31 heavy (non-hydrogen) atoms. The molecule has 1 N–H and O–H groups in total. The minimum absolute atomic E-state index is 0.256. The maximum atomic E-state index is 13.5. The van der Waals surface area contributed by atoms with Gasteiger partial charge in [-0.05, 0) is 30.5 Å². The first kappa shape index (κ1) is 18.1. The Hall–Kier alpha value is -3.68. The Morgan fingerprint density at radius 3 is 2.90 bits per heavy atom. The van der Waals surface area contributed by atoms with Crippen molar-refractivity contribution in [2.45, 2.75) is 19.4 Å². The second-order valence-electron chi connectivity index (χ2n) is 8.47. The monoisotopic (exact) mass is 413 g/mol. The number of anilines is 1. The lowest BCUT2D eigenvalue weighted by Crippen LogP contribution is -2.37. The molecule has 2 aliphatic heterocycles. The van der Waals surface area contributed by atoms with Crippen molar-refractivity contribution >= 4 is 22.8 Å². The second kappa shape index (κ2) is 6.94. The van der Waals surface area contributed by atoms with Crippen molar-refractivity contribution in [3.63, 3.8) is 0 Å². The number of H-pyrrole nitrogens is 1. The van der Waals surface area contributed by atoms with Gasteiger partial charge in [-0.25, -0.2) is 9.97 Å². The van der Waals surface area contributed by atoms with E-state index in [-0.39, 0.29) is 11.3 Å². The number of para-hydroxylation sites is 1. The maximum absolute atomic E-state index is 13.5. The van der Waals surface area contributed by atoms with E-state index < -0.39 is 0 Å². The van der Waals surface area contributed by atoms with Crippen LogP contribution < -0.4 is 4.90 Å². The van der Waals surface area contributed by atoms with E-state index in [1.165, 1.54) is 10.9 Å². The Morgan fingerprint density at radius 1 is 1.10 bits per heavy atom. The maximum Gasteiger partial charge on any atom is 0.231 e. The van der Waals surface area contributed by atoms with Crippen molar-refractivity contribution in [3.05, 3.63) is 67.0 Å². The Labute approximate surface area is 179 Å². The summed E-state index contributed by atoms with van der Waals surface area (Å²) in [5.74, 6) is 1.71. The molecular weight excluding hydrogens is 390 g/mol. The van der Waals surface area contributed by atoms with E-state index in [9.17, 15) is 4.79 Å². The first-order chi connectivity index (χ1) is 15.2. The average molecular weight is 413 g/mol. The molecule has 156 valence electrons. The van der Waals surface area contributed by atoms with Crippen LogP contribution in [0.4, 0.5) is 5.95 Å². The highest BCUT2D eigenvalue weighted by Gasteiger charge is 2.51. The fourth-order valence-electron chi connectivity index (χ4n) is 4.96. The van der Waals surface area contributed by atoms with Gasteiger partial charge in [0.15, 0.2) is 0 Å². The Morgan fingerprint density at radius 2 is 2.00 bits per heavy atom. The quantitative estimate of drug-likeness (QED) is 0.556. The summed E-state index contributed by atoms with van der Waals surface area (Å²) in [5, 5.41) is 1.19. The van der Waals surface area contributed by atoms with Crippen molar-refractivity contribution in [1.82, 2.24) is 29.4 Å². The molecule has 2 saturated heterocycles. The van der Waals surface area contributed by atoms with Gasteiger partial charge in [0.05, 0.1) is 5.41 Å². The van der Waals surface area contributed by atoms with Crippen LogP contribution in [-0.4, -0.2) is 54.9 Å². The van der Waals surface area contributed by atoms with Crippen molar-refractivity contribution < 1.29 is 4.79 Å². The van der Waals surface area contributed by atoms with Gasteiger partial charge in [-0.15, -0.1) is 0 Å². The molecule has 2 fully saturated rings. The Balaban J connectivity index is 1.20. The van der Waals surface area contributed by atoms with E-state index in [1.54, 1.807) is 18.7 Å². The molecule has 5 heterocycles. The molecule has 3 aromatic heterocycles. The number of nitrogens with one attached hydrogen (secondary N) is 1. The fraction of sp³-hybridized carbons (Fsp3) is 0.304. The first-order valence-electron chi connectivity index (χ1n) is 10.6. The summed E-state index contributed by atoms with van der Waals surface area (Å²) >= 11 is 0. The van der Waals surface area contributed by atoms with E-state index in [2.05, 4.69) is 32.0 Å². The van der Waals surface area contributed by atoms with Gasteiger partial charge in [0, 0.05) is 61.9 Å². The minimum Gasteiger partial charge on any atom is -0.361 e. The summed E-state index contributed by atoms with van der Waals surface area (Å²) < 4.78 is 1.86. The molecule has 1 atom stereocenters. The standard InChI is InChI=1S/C23H23N7O/c31-21-23(6-10-28(21)14-17-13-26-19-4-2-1-3-18(17)19)7-11-29(15-23)22-25-8-5-20(27-22)30-12-9-24-16-30/h1-5,8-9,12-13,16,26H,6-7,10-11,14-15H2. The van der Waals surface area contributed by atoms with Crippen LogP contribution in [0.1, 0.15) is 18.4 Å². The predicted molar refractivity (Wildman–Crippen MR) is 117 cm³/mol. The highest BCUT2D eigenvalue weighted by Crippen LogP contribution is 2.42. The van der Waals surface area contributed by atoms with Crippen molar-refractivity contribution in [2.75, 3.05) is 24.5 Å². The number of rotatable bonds is 4. The molecule has 8 heteroatoms. The number of imidazole rings is 1. The normalized spacial score (nSPS) is 21.1. The SMILES string of the molecule is O=C1N(Cc2c[nH]c3ccccc23)CCC12CCN(c1nccc(-n3ccnc3)n1)C2. The van der Waals surface area contributed by atoms with Gasteiger partial charge in [0.1, 0.15) is 12.1 Å². The van der Waals surface area contributed by atoms with Crippen LogP contribution >= 0.6 is 0 Å². The molecule has 0 saturated carbocycles. The van der Waals surface area contributed by atoms with E-state index >= 15 is 0 Å².